The van der Waals surface area contributed by atoms with Crippen LogP contribution in [-0.2, 0) is 0 Å². The van der Waals surface area contributed by atoms with Crippen molar-refractivity contribution in [2.45, 2.75) is 57.5 Å². The fourth-order valence-electron chi connectivity index (χ4n) is 3.45. The first-order valence-electron chi connectivity index (χ1n) is 6.22. The molecule has 86 valence electrons. The van der Waals surface area contributed by atoms with Crippen molar-refractivity contribution in [1.29, 1.82) is 0 Å². The van der Waals surface area contributed by atoms with Crippen LogP contribution in [0.25, 0.3) is 0 Å². The van der Waals surface area contributed by atoms with Gasteiger partial charge in [-0.1, -0.05) is 18.6 Å². The van der Waals surface area contributed by atoms with Crippen LogP contribution in [0.5, 0.6) is 0 Å². The second kappa shape index (κ2) is 4.79. The molecule has 1 saturated heterocycles. The Kier molecular flexibility index (Phi) is 3.62. The average molecular weight is 226 g/mol. The van der Waals surface area contributed by atoms with Gasteiger partial charge in [0, 0.05) is 18.5 Å². The molecule has 3 unspecified atom stereocenters. The molecule has 2 N–H and O–H groups in total. The van der Waals surface area contributed by atoms with Gasteiger partial charge >= 0.3 is 0 Å². The van der Waals surface area contributed by atoms with Crippen LogP contribution in [0.4, 0.5) is 0 Å². The molecule has 1 saturated carbocycles. The van der Waals surface area contributed by atoms with Crippen LogP contribution in [0.1, 0.15) is 45.4 Å². The normalized spacial score (nSPS) is 33.7. The maximum atomic E-state index is 5.64. The Morgan fingerprint density at radius 1 is 1.40 bits per heavy atom. The third-order valence-corrected chi connectivity index (χ3v) is 4.27. The van der Waals surface area contributed by atoms with Crippen LogP contribution >= 0.6 is 12.2 Å². The quantitative estimate of drug-likeness (QED) is 0.749. The van der Waals surface area contributed by atoms with E-state index >= 15 is 0 Å². The first-order valence-corrected chi connectivity index (χ1v) is 6.63. The van der Waals surface area contributed by atoms with Crippen molar-refractivity contribution >= 4 is 17.2 Å². The molecule has 2 rings (SSSR count). The van der Waals surface area contributed by atoms with Gasteiger partial charge in [-0.3, -0.25) is 4.90 Å². The summed E-state index contributed by atoms with van der Waals surface area (Å²) in [5.74, 6) is 0.965. The Morgan fingerprint density at radius 2 is 2.13 bits per heavy atom. The molecule has 3 atom stereocenters. The lowest BCUT2D eigenvalue weighted by Gasteiger charge is -2.41. The van der Waals surface area contributed by atoms with Gasteiger partial charge < -0.3 is 5.73 Å². The predicted octanol–water partition coefficient (Wildman–Crippen LogP) is 2.32. The second-order valence-electron chi connectivity index (χ2n) is 5.16. The number of hydrogen-bond acceptors (Lipinski definition) is 2. The zero-order chi connectivity index (χ0) is 10.8. The van der Waals surface area contributed by atoms with E-state index in [4.69, 9.17) is 18.0 Å². The van der Waals surface area contributed by atoms with Crippen molar-refractivity contribution < 1.29 is 0 Å². The Hall–Kier alpha value is -0.150. The summed E-state index contributed by atoms with van der Waals surface area (Å²) >= 11 is 5.01. The Labute approximate surface area is 98.2 Å². The second-order valence-corrected chi connectivity index (χ2v) is 5.68. The van der Waals surface area contributed by atoms with E-state index in [1.165, 1.54) is 38.6 Å². The van der Waals surface area contributed by atoms with Gasteiger partial charge in [-0.05, 0) is 45.1 Å². The molecule has 15 heavy (non-hydrogen) atoms. The number of fused-ring (bicyclic) bond motifs is 1. The van der Waals surface area contributed by atoms with E-state index in [0.717, 1.165) is 18.4 Å². The van der Waals surface area contributed by atoms with Gasteiger partial charge in [0.1, 0.15) is 0 Å². The SMILES string of the molecule is CC(CC(N)=S)N1CCCC2CCCC21. The molecule has 3 heteroatoms. The van der Waals surface area contributed by atoms with E-state index in [-0.39, 0.29) is 0 Å². The summed E-state index contributed by atoms with van der Waals surface area (Å²) in [7, 11) is 0. The standard InChI is InChI=1S/C12H22N2S/c1-9(8-12(13)15)14-7-3-5-10-4-2-6-11(10)14/h9-11H,2-8H2,1H3,(H2,13,15). The van der Waals surface area contributed by atoms with E-state index in [2.05, 4.69) is 11.8 Å². The number of nitrogens with two attached hydrogens (primary N) is 1. The van der Waals surface area contributed by atoms with Gasteiger partial charge in [0.15, 0.2) is 0 Å². The molecule has 1 aliphatic carbocycles. The van der Waals surface area contributed by atoms with Gasteiger partial charge in [-0.2, -0.15) is 0 Å². The van der Waals surface area contributed by atoms with Crippen LogP contribution in [-0.4, -0.2) is 28.5 Å². The minimum Gasteiger partial charge on any atom is -0.393 e. The van der Waals surface area contributed by atoms with Crippen molar-refractivity contribution in [2.24, 2.45) is 11.7 Å². The number of piperidine rings is 1. The third-order valence-electron chi connectivity index (χ3n) is 4.10. The largest absolute Gasteiger partial charge is 0.393 e. The summed E-state index contributed by atoms with van der Waals surface area (Å²) in [4.78, 5) is 3.34. The first-order chi connectivity index (χ1) is 7.18. The molecule has 0 radical (unpaired) electrons. The smallest absolute Gasteiger partial charge is 0.0742 e. The molecule has 2 aliphatic rings. The molecule has 1 heterocycles. The number of rotatable bonds is 3. The topological polar surface area (TPSA) is 29.3 Å². The van der Waals surface area contributed by atoms with Crippen LogP contribution in [0.3, 0.4) is 0 Å². The van der Waals surface area contributed by atoms with Crippen LogP contribution in [0.2, 0.25) is 0 Å². The molecular weight excluding hydrogens is 204 g/mol. The number of nitrogens with zero attached hydrogens (tertiary/aromatic N) is 1. The zero-order valence-electron chi connectivity index (χ0n) is 9.61. The summed E-state index contributed by atoms with van der Waals surface area (Å²) in [5.41, 5.74) is 5.64. The van der Waals surface area contributed by atoms with Gasteiger partial charge in [-0.25, -0.2) is 0 Å². The van der Waals surface area contributed by atoms with Gasteiger partial charge in [-0.15, -0.1) is 0 Å². The lowest BCUT2D eigenvalue weighted by molar-refractivity contribution is 0.0777. The maximum absolute atomic E-state index is 5.64. The van der Waals surface area contributed by atoms with E-state index in [9.17, 15) is 0 Å². The number of hydrogen-bond donors (Lipinski definition) is 1. The summed E-state index contributed by atoms with van der Waals surface area (Å²) in [6.07, 6.45) is 7.96. The summed E-state index contributed by atoms with van der Waals surface area (Å²) in [6, 6.07) is 1.39. The summed E-state index contributed by atoms with van der Waals surface area (Å²) in [6.45, 7) is 3.53. The van der Waals surface area contributed by atoms with Crippen LogP contribution in [0, 0.1) is 5.92 Å². The Morgan fingerprint density at radius 3 is 2.87 bits per heavy atom. The molecule has 0 aromatic heterocycles. The molecule has 2 nitrogen and oxygen atoms in total. The molecule has 0 amide bonds. The minimum absolute atomic E-state index is 0.549. The monoisotopic (exact) mass is 226 g/mol. The summed E-state index contributed by atoms with van der Waals surface area (Å²) < 4.78 is 0. The number of thiocarbonyl (C=S) groups is 1. The van der Waals surface area contributed by atoms with E-state index in [1.54, 1.807) is 0 Å². The molecular formula is C12H22N2S. The zero-order valence-corrected chi connectivity index (χ0v) is 10.4. The molecule has 1 aliphatic heterocycles. The van der Waals surface area contributed by atoms with Gasteiger partial charge in [0.05, 0.1) is 4.99 Å². The van der Waals surface area contributed by atoms with Crippen molar-refractivity contribution in [2.75, 3.05) is 6.54 Å². The van der Waals surface area contributed by atoms with E-state index < -0.39 is 0 Å². The minimum atomic E-state index is 0.549. The Balaban J connectivity index is 1.97. The molecule has 0 aromatic rings. The number of likely N-dealkylation sites (tertiary alicyclic amines) is 1. The highest BCUT2D eigenvalue weighted by atomic mass is 32.1. The lowest BCUT2D eigenvalue weighted by Crippen LogP contribution is -2.48. The average Bonchev–Trinajstić information content (AvgIpc) is 2.63. The van der Waals surface area contributed by atoms with Crippen molar-refractivity contribution in [1.82, 2.24) is 4.90 Å². The fraction of sp³-hybridized carbons (Fsp3) is 0.917. The van der Waals surface area contributed by atoms with Crippen LogP contribution < -0.4 is 5.73 Å². The van der Waals surface area contributed by atoms with E-state index in [1.807, 2.05) is 0 Å². The third kappa shape index (κ3) is 2.51. The van der Waals surface area contributed by atoms with Crippen molar-refractivity contribution in [3.63, 3.8) is 0 Å². The predicted molar refractivity (Wildman–Crippen MR) is 67.9 cm³/mol. The van der Waals surface area contributed by atoms with Crippen LogP contribution in [0.15, 0.2) is 0 Å². The maximum Gasteiger partial charge on any atom is 0.0742 e. The highest BCUT2D eigenvalue weighted by molar-refractivity contribution is 7.80. The first kappa shape index (κ1) is 11.3. The Bertz CT molecular complexity index is 242. The van der Waals surface area contributed by atoms with Gasteiger partial charge in [0.2, 0.25) is 0 Å². The van der Waals surface area contributed by atoms with Crippen molar-refractivity contribution in [3.8, 4) is 0 Å². The van der Waals surface area contributed by atoms with E-state index in [0.29, 0.717) is 11.0 Å². The molecule has 2 fully saturated rings. The molecule has 0 aromatic carbocycles. The van der Waals surface area contributed by atoms with Crippen molar-refractivity contribution in [3.05, 3.63) is 0 Å². The van der Waals surface area contributed by atoms with Gasteiger partial charge in [0.25, 0.3) is 0 Å². The fourth-order valence-corrected chi connectivity index (χ4v) is 3.69. The highest BCUT2D eigenvalue weighted by Gasteiger charge is 2.36. The molecule has 0 spiro atoms. The molecule has 0 bridgehead atoms. The highest BCUT2D eigenvalue weighted by Crippen LogP contribution is 2.37. The summed E-state index contributed by atoms with van der Waals surface area (Å²) in [5, 5.41) is 0. The lowest BCUT2D eigenvalue weighted by atomic mass is 9.90.